The van der Waals surface area contributed by atoms with Crippen LogP contribution in [0.3, 0.4) is 0 Å². The number of aromatic nitrogens is 1. The van der Waals surface area contributed by atoms with Crippen LogP contribution in [0.25, 0.3) is 10.2 Å². The maximum Gasteiger partial charge on any atom is 0.131 e. The Kier molecular flexibility index (Phi) is 10.2. The minimum atomic E-state index is 0.510. The topological polar surface area (TPSA) is 50.9 Å². The van der Waals surface area contributed by atoms with Crippen molar-refractivity contribution in [2.24, 2.45) is 11.7 Å². The van der Waals surface area contributed by atoms with Crippen LogP contribution in [0.4, 0.5) is 5.69 Å². The molecule has 7 heteroatoms. The highest BCUT2D eigenvalue weighted by molar-refractivity contribution is 9.10. The number of thiophene rings is 2. The molecule has 0 aliphatic heterocycles. The third-order valence-electron chi connectivity index (χ3n) is 4.46. The largest absolute Gasteiger partial charge is 0.379 e. The van der Waals surface area contributed by atoms with Gasteiger partial charge in [0.2, 0.25) is 0 Å². The molecule has 0 amide bonds. The van der Waals surface area contributed by atoms with E-state index in [1.165, 1.54) is 30.6 Å². The van der Waals surface area contributed by atoms with Gasteiger partial charge in [-0.2, -0.15) is 0 Å². The molecule has 3 nitrogen and oxygen atoms in total. The lowest BCUT2D eigenvalue weighted by Gasteiger charge is -2.22. The van der Waals surface area contributed by atoms with Crippen molar-refractivity contribution in [2.45, 2.75) is 59.0 Å². The Labute approximate surface area is 189 Å². The summed E-state index contributed by atoms with van der Waals surface area (Å²) in [6.07, 6.45) is 5.25. The van der Waals surface area contributed by atoms with Crippen molar-refractivity contribution in [1.82, 2.24) is 4.98 Å². The van der Waals surface area contributed by atoms with E-state index in [1.54, 1.807) is 22.7 Å². The molecule has 0 spiro atoms. The summed E-state index contributed by atoms with van der Waals surface area (Å²) in [5, 5.41) is 8.04. The minimum absolute atomic E-state index is 0.510. The summed E-state index contributed by atoms with van der Waals surface area (Å²) >= 11 is 12.9. The van der Waals surface area contributed by atoms with Crippen LogP contribution in [0.15, 0.2) is 33.4 Å². The number of hydrogen-bond donors (Lipinski definition) is 2. The van der Waals surface area contributed by atoms with E-state index in [-0.39, 0.29) is 0 Å². The Morgan fingerprint density at radius 2 is 2.11 bits per heavy atom. The van der Waals surface area contributed by atoms with Gasteiger partial charge in [-0.15, -0.1) is 22.7 Å². The molecule has 1 aliphatic carbocycles. The summed E-state index contributed by atoms with van der Waals surface area (Å²) in [5.41, 5.74) is 7.68. The SMILES string of the molecule is CC.CC1CCCC(N)C1.Clc1cc(NCc2cccs2)c2scc(Br)c2n1. The molecule has 154 valence electrons. The number of nitrogens with zero attached hydrogens (tertiary/aromatic N) is 1. The van der Waals surface area contributed by atoms with Crippen LogP contribution in [0, 0.1) is 5.92 Å². The molecule has 1 fully saturated rings. The fourth-order valence-electron chi connectivity index (χ4n) is 3.16. The molecule has 0 bridgehead atoms. The monoisotopic (exact) mass is 501 g/mol. The number of nitrogens with one attached hydrogen (secondary N) is 1. The zero-order valence-electron chi connectivity index (χ0n) is 16.7. The van der Waals surface area contributed by atoms with Crippen LogP contribution in [-0.4, -0.2) is 11.0 Å². The summed E-state index contributed by atoms with van der Waals surface area (Å²) in [7, 11) is 0. The van der Waals surface area contributed by atoms with Crippen LogP contribution in [0.1, 0.15) is 51.3 Å². The zero-order chi connectivity index (χ0) is 20.5. The molecule has 3 heterocycles. The van der Waals surface area contributed by atoms with Crippen molar-refractivity contribution in [2.75, 3.05) is 5.32 Å². The Hall–Kier alpha value is -0.660. The molecular formula is C21H29BrClN3S2. The highest BCUT2D eigenvalue weighted by atomic mass is 79.9. The summed E-state index contributed by atoms with van der Waals surface area (Å²) in [6.45, 7) is 7.10. The second kappa shape index (κ2) is 12.1. The first-order valence-corrected chi connectivity index (χ1v) is 12.7. The Morgan fingerprint density at radius 3 is 2.71 bits per heavy atom. The van der Waals surface area contributed by atoms with Crippen molar-refractivity contribution in [3.05, 3.63) is 43.5 Å². The molecule has 2 unspecified atom stereocenters. The van der Waals surface area contributed by atoms with Gasteiger partial charge >= 0.3 is 0 Å². The maximum atomic E-state index is 6.05. The molecule has 1 saturated carbocycles. The van der Waals surface area contributed by atoms with Gasteiger partial charge in [0.25, 0.3) is 0 Å². The summed E-state index contributed by atoms with van der Waals surface area (Å²) in [6, 6.07) is 6.56. The summed E-state index contributed by atoms with van der Waals surface area (Å²) < 4.78 is 2.12. The van der Waals surface area contributed by atoms with Crippen LogP contribution < -0.4 is 11.1 Å². The van der Waals surface area contributed by atoms with Crippen LogP contribution in [-0.2, 0) is 6.54 Å². The highest BCUT2D eigenvalue weighted by Crippen LogP contribution is 2.35. The van der Waals surface area contributed by atoms with Crippen molar-refractivity contribution in [3.63, 3.8) is 0 Å². The van der Waals surface area contributed by atoms with Gasteiger partial charge in [0.1, 0.15) is 5.15 Å². The Bertz CT molecular complexity index is 828. The average molecular weight is 503 g/mol. The van der Waals surface area contributed by atoms with E-state index in [0.29, 0.717) is 11.2 Å². The molecule has 28 heavy (non-hydrogen) atoms. The second-order valence-corrected chi connectivity index (χ2v) is 9.87. The fraction of sp³-hybridized carbons (Fsp3) is 0.476. The number of anilines is 1. The van der Waals surface area contributed by atoms with E-state index in [9.17, 15) is 0 Å². The molecule has 4 rings (SSSR count). The lowest BCUT2D eigenvalue weighted by atomic mass is 9.88. The van der Waals surface area contributed by atoms with Gasteiger partial charge < -0.3 is 11.1 Å². The smallest absolute Gasteiger partial charge is 0.131 e. The summed E-state index contributed by atoms with van der Waals surface area (Å²) in [4.78, 5) is 5.63. The Balaban J connectivity index is 0.000000236. The first kappa shape index (κ1) is 23.6. The number of rotatable bonds is 3. The van der Waals surface area contributed by atoms with Gasteiger partial charge in [0.05, 0.1) is 20.4 Å². The highest BCUT2D eigenvalue weighted by Gasteiger charge is 2.14. The van der Waals surface area contributed by atoms with E-state index in [0.717, 1.165) is 32.8 Å². The third-order valence-corrected chi connectivity index (χ3v) is 7.44. The number of halogens is 2. The molecular weight excluding hydrogens is 474 g/mol. The first-order valence-electron chi connectivity index (χ1n) is 9.78. The number of hydrogen-bond acceptors (Lipinski definition) is 5. The van der Waals surface area contributed by atoms with E-state index in [2.05, 4.69) is 50.7 Å². The Morgan fingerprint density at radius 1 is 1.32 bits per heavy atom. The predicted molar refractivity (Wildman–Crippen MR) is 131 cm³/mol. The van der Waals surface area contributed by atoms with Crippen LogP contribution >= 0.6 is 50.2 Å². The first-order chi connectivity index (χ1) is 13.5. The van der Waals surface area contributed by atoms with Gasteiger partial charge in [0, 0.05) is 28.9 Å². The number of pyridine rings is 1. The molecule has 0 aromatic carbocycles. The van der Waals surface area contributed by atoms with Crippen molar-refractivity contribution >= 4 is 66.1 Å². The molecule has 3 N–H and O–H groups in total. The van der Waals surface area contributed by atoms with Gasteiger partial charge in [-0.25, -0.2) is 4.98 Å². The second-order valence-electron chi connectivity index (χ2n) is 6.72. The summed E-state index contributed by atoms with van der Waals surface area (Å²) in [5.74, 6) is 0.888. The van der Waals surface area contributed by atoms with Crippen molar-refractivity contribution in [1.29, 1.82) is 0 Å². The normalized spacial score (nSPS) is 18.6. The molecule has 3 aromatic heterocycles. The van der Waals surface area contributed by atoms with Gasteiger partial charge in [0.15, 0.2) is 0 Å². The van der Waals surface area contributed by atoms with Crippen LogP contribution in [0.2, 0.25) is 5.15 Å². The average Bonchev–Trinajstić information content (AvgIpc) is 3.32. The molecule has 3 aromatic rings. The van der Waals surface area contributed by atoms with Gasteiger partial charge in [-0.1, -0.05) is 51.3 Å². The minimum Gasteiger partial charge on any atom is -0.379 e. The number of fused-ring (bicyclic) bond motifs is 1. The molecule has 2 atom stereocenters. The maximum absolute atomic E-state index is 6.05. The van der Waals surface area contributed by atoms with Crippen molar-refractivity contribution in [3.8, 4) is 0 Å². The predicted octanol–water partition coefficient (Wildman–Crippen LogP) is 7.94. The van der Waals surface area contributed by atoms with E-state index < -0.39 is 0 Å². The van der Waals surface area contributed by atoms with Gasteiger partial charge in [-0.05, 0) is 46.1 Å². The third kappa shape index (κ3) is 6.99. The fourth-order valence-corrected chi connectivity index (χ4v) is 5.55. The van der Waals surface area contributed by atoms with Crippen molar-refractivity contribution < 1.29 is 0 Å². The molecule has 1 aliphatic rings. The van der Waals surface area contributed by atoms with E-state index >= 15 is 0 Å². The van der Waals surface area contributed by atoms with E-state index in [4.69, 9.17) is 17.3 Å². The molecule has 0 radical (unpaired) electrons. The number of nitrogens with two attached hydrogens (primary N) is 1. The lowest BCUT2D eigenvalue weighted by molar-refractivity contribution is 0.344. The quantitative estimate of drug-likeness (QED) is 0.357. The van der Waals surface area contributed by atoms with Gasteiger partial charge in [-0.3, -0.25) is 0 Å². The van der Waals surface area contributed by atoms with E-state index in [1.807, 2.05) is 25.3 Å². The zero-order valence-corrected chi connectivity index (χ0v) is 20.6. The lowest BCUT2D eigenvalue weighted by Crippen LogP contribution is -2.26. The van der Waals surface area contributed by atoms with Crippen LogP contribution in [0.5, 0.6) is 0 Å². The standard InChI is InChI=1S/C12H8BrClN2S2.C7H15N.C2H6/c13-8-6-18-12-9(4-10(14)16-11(8)12)15-5-7-2-1-3-17-7;1-6-3-2-4-7(8)5-6;1-2/h1-4,6H,5H2,(H,15,16);6-7H,2-5,8H2,1H3;1-2H3. The molecule has 0 saturated heterocycles.